The van der Waals surface area contributed by atoms with E-state index >= 15 is 0 Å². The van der Waals surface area contributed by atoms with Crippen LogP contribution in [0.15, 0.2) is 29.4 Å². The summed E-state index contributed by atoms with van der Waals surface area (Å²) < 4.78 is 5.18. The minimum Gasteiger partial charge on any atom is -0.497 e. The molecule has 204 valence electrons. The van der Waals surface area contributed by atoms with Crippen molar-refractivity contribution in [3.05, 3.63) is 29.8 Å². The molecular formula is C32H48N2O3. The van der Waals surface area contributed by atoms with Gasteiger partial charge in [0.05, 0.1) is 19.4 Å². The lowest BCUT2D eigenvalue weighted by atomic mass is 9.44. The molecule has 4 saturated carbocycles. The maximum atomic E-state index is 12.5. The number of hydrogen-bond acceptors (Lipinski definition) is 4. The second kappa shape index (κ2) is 10.7. The highest BCUT2D eigenvalue weighted by atomic mass is 16.5. The third-order valence-corrected chi connectivity index (χ3v) is 11.7. The Kier molecular flexibility index (Phi) is 7.73. The van der Waals surface area contributed by atoms with Crippen molar-refractivity contribution in [2.45, 2.75) is 97.5 Å². The standard InChI is InChI=1S/C32H48N2O3/c1-21(5-14-30(36)34-33-20-22-6-9-25(37-4)10-7-22)27-12-13-28-26-11-8-23-19-24(35)15-17-31(23,2)29(26)16-18-32(27,28)3/h6-7,9-10,20-21,23-24,26-29,35H,5,8,11-19H2,1-4H3,(H,34,36)/b33-20+/t21-,23+,24-,26+,27-,28+,29+,31+,32-/m1/s1. The minimum absolute atomic E-state index is 0.00533. The van der Waals surface area contributed by atoms with Gasteiger partial charge in [-0.3, -0.25) is 4.79 Å². The summed E-state index contributed by atoms with van der Waals surface area (Å²) in [5, 5.41) is 14.5. The predicted molar refractivity (Wildman–Crippen MR) is 148 cm³/mol. The van der Waals surface area contributed by atoms with E-state index < -0.39 is 0 Å². The van der Waals surface area contributed by atoms with Crippen LogP contribution < -0.4 is 10.2 Å². The number of hydrogen-bond donors (Lipinski definition) is 2. The van der Waals surface area contributed by atoms with Crippen LogP contribution in [0, 0.1) is 46.3 Å². The van der Waals surface area contributed by atoms with Gasteiger partial charge in [-0.05, 0) is 140 Å². The summed E-state index contributed by atoms with van der Waals surface area (Å²) in [6.45, 7) is 7.56. The van der Waals surface area contributed by atoms with Crippen molar-refractivity contribution in [3.63, 3.8) is 0 Å². The molecule has 5 heteroatoms. The fourth-order valence-corrected chi connectivity index (χ4v) is 9.70. The van der Waals surface area contributed by atoms with Crippen LogP contribution in [-0.2, 0) is 4.79 Å². The number of fused-ring (bicyclic) bond motifs is 5. The van der Waals surface area contributed by atoms with Crippen molar-refractivity contribution >= 4 is 12.1 Å². The number of benzene rings is 1. The Bertz CT molecular complexity index is 977. The molecule has 9 atom stereocenters. The van der Waals surface area contributed by atoms with Gasteiger partial charge in [0, 0.05) is 6.42 Å². The van der Waals surface area contributed by atoms with E-state index in [1.165, 1.54) is 44.9 Å². The summed E-state index contributed by atoms with van der Waals surface area (Å²) in [4.78, 5) is 12.5. The van der Waals surface area contributed by atoms with E-state index in [2.05, 4.69) is 31.3 Å². The van der Waals surface area contributed by atoms with Crippen LogP contribution in [0.1, 0.15) is 97.0 Å². The number of carbonyl (C=O) groups excluding carboxylic acids is 1. The lowest BCUT2D eigenvalue weighted by Crippen LogP contribution is -2.54. The molecule has 1 aromatic carbocycles. The first-order valence-electron chi connectivity index (χ1n) is 14.9. The summed E-state index contributed by atoms with van der Waals surface area (Å²) in [5.41, 5.74) is 4.52. The number of nitrogens with zero attached hydrogens (tertiary/aromatic N) is 1. The van der Waals surface area contributed by atoms with Gasteiger partial charge in [-0.15, -0.1) is 0 Å². The molecule has 5 nitrogen and oxygen atoms in total. The zero-order valence-electron chi connectivity index (χ0n) is 23.4. The molecule has 4 aliphatic carbocycles. The lowest BCUT2D eigenvalue weighted by Gasteiger charge is -2.61. The van der Waals surface area contributed by atoms with Gasteiger partial charge in [-0.2, -0.15) is 5.10 Å². The Balaban J connectivity index is 1.15. The summed E-state index contributed by atoms with van der Waals surface area (Å²) in [6.07, 6.45) is 14.4. The molecule has 0 unspecified atom stereocenters. The second-order valence-electron chi connectivity index (χ2n) is 13.4. The summed E-state index contributed by atoms with van der Waals surface area (Å²) in [5.74, 6) is 5.36. The molecule has 5 rings (SSSR count). The average molecular weight is 509 g/mol. The van der Waals surface area contributed by atoms with Crippen LogP contribution in [0.25, 0.3) is 0 Å². The van der Waals surface area contributed by atoms with Gasteiger partial charge in [0.15, 0.2) is 0 Å². The molecule has 4 fully saturated rings. The van der Waals surface area contributed by atoms with Gasteiger partial charge in [0.1, 0.15) is 5.75 Å². The molecule has 4 aliphatic rings. The molecule has 0 heterocycles. The summed E-state index contributed by atoms with van der Waals surface area (Å²) >= 11 is 0. The Hall–Kier alpha value is -1.88. The number of rotatable bonds is 7. The average Bonchev–Trinajstić information content (AvgIpc) is 3.25. The number of amides is 1. The van der Waals surface area contributed by atoms with Gasteiger partial charge in [0.2, 0.25) is 5.91 Å². The van der Waals surface area contributed by atoms with Crippen molar-refractivity contribution in [2.24, 2.45) is 51.4 Å². The molecule has 0 spiro atoms. The van der Waals surface area contributed by atoms with Crippen LogP contribution in [0.3, 0.4) is 0 Å². The number of ether oxygens (including phenoxy) is 1. The molecule has 0 aromatic heterocycles. The number of aliphatic hydroxyl groups is 1. The fraction of sp³-hybridized carbons (Fsp3) is 0.750. The van der Waals surface area contributed by atoms with Crippen LogP contribution in [0.4, 0.5) is 0 Å². The van der Waals surface area contributed by atoms with E-state index in [0.717, 1.165) is 54.2 Å². The molecule has 37 heavy (non-hydrogen) atoms. The highest BCUT2D eigenvalue weighted by molar-refractivity contribution is 5.82. The molecule has 0 radical (unpaired) electrons. The van der Waals surface area contributed by atoms with Crippen LogP contribution in [0.2, 0.25) is 0 Å². The predicted octanol–water partition coefficient (Wildman–Crippen LogP) is 6.58. The number of hydrazone groups is 1. The molecule has 1 amide bonds. The number of methoxy groups -OCH3 is 1. The van der Waals surface area contributed by atoms with E-state index in [1.54, 1.807) is 13.3 Å². The quantitative estimate of drug-likeness (QED) is 0.323. The number of aliphatic hydroxyl groups excluding tert-OH is 1. The van der Waals surface area contributed by atoms with Crippen molar-refractivity contribution in [3.8, 4) is 5.75 Å². The maximum absolute atomic E-state index is 12.5. The summed E-state index contributed by atoms with van der Waals surface area (Å²) in [7, 11) is 1.65. The fourth-order valence-electron chi connectivity index (χ4n) is 9.70. The zero-order valence-corrected chi connectivity index (χ0v) is 23.4. The van der Waals surface area contributed by atoms with Gasteiger partial charge < -0.3 is 9.84 Å². The number of carbonyl (C=O) groups is 1. The second-order valence-corrected chi connectivity index (χ2v) is 13.4. The SMILES string of the molecule is COc1ccc(/C=N/NC(=O)CC[C@@H](C)[C@H]2CC[C@H]3[C@@H]4CC[C@H]5C[C@H](O)CC[C@]5(C)[C@H]4CC[C@]23C)cc1. The van der Waals surface area contributed by atoms with Gasteiger partial charge in [-0.25, -0.2) is 5.43 Å². The molecule has 0 saturated heterocycles. The molecule has 2 N–H and O–H groups in total. The first kappa shape index (κ1) is 26.7. The number of nitrogens with one attached hydrogen (secondary N) is 1. The molecule has 0 bridgehead atoms. The molecular weight excluding hydrogens is 460 g/mol. The third-order valence-electron chi connectivity index (χ3n) is 11.7. The normalized spacial score (nSPS) is 39.9. The maximum Gasteiger partial charge on any atom is 0.240 e. The monoisotopic (exact) mass is 508 g/mol. The van der Waals surface area contributed by atoms with E-state index in [4.69, 9.17) is 4.74 Å². The summed E-state index contributed by atoms with van der Waals surface area (Å²) in [6, 6.07) is 7.62. The van der Waals surface area contributed by atoms with Crippen LogP contribution in [0.5, 0.6) is 5.75 Å². The van der Waals surface area contributed by atoms with E-state index in [9.17, 15) is 9.90 Å². The van der Waals surface area contributed by atoms with Crippen molar-refractivity contribution in [1.82, 2.24) is 5.43 Å². The Morgan fingerprint density at radius 2 is 1.81 bits per heavy atom. The highest BCUT2D eigenvalue weighted by Gasteiger charge is 2.60. The Morgan fingerprint density at radius 1 is 1.08 bits per heavy atom. The largest absolute Gasteiger partial charge is 0.497 e. The van der Waals surface area contributed by atoms with Crippen molar-refractivity contribution < 1.29 is 14.6 Å². The smallest absolute Gasteiger partial charge is 0.240 e. The van der Waals surface area contributed by atoms with Crippen molar-refractivity contribution in [2.75, 3.05) is 7.11 Å². The van der Waals surface area contributed by atoms with E-state index in [1.807, 2.05) is 24.3 Å². The van der Waals surface area contributed by atoms with Crippen LogP contribution >= 0.6 is 0 Å². The van der Waals surface area contributed by atoms with Gasteiger partial charge in [0.25, 0.3) is 0 Å². The van der Waals surface area contributed by atoms with E-state index in [-0.39, 0.29) is 12.0 Å². The minimum atomic E-state index is -0.0643. The Morgan fingerprint density at radius 3 is 2.57 bits per heavy atom. The zero-order chi connectivity index (χ0) is 26.2. The van der Waals surface area contributed by atoms with Gasteiger partial charge in [-0.1, -0.05) is 20.8 Å². The topological polar surface area (TPSA) is 70.9 Å². The molecule has 0 aliphatic heterocycles. The molecule has 1 aromatic rings. The third kappa shape index (κ3) is 5.10. The lowest BCUT2D eigenvalue weighted by molar-refractivity contribution is -0.129. The Labute approximate surface area is 223 Å². The van der Waals surface area contributed by atoms with Crippen LogP contribution in [-0.4, -0.2) is 30.4 Å². The highest BCUT2D eigenvalue weighted by Crippen LogP contribution is 2.68. The van der Waals surface area contributed by atoms with E-state index in [0.29, 0.717) is 29.1 Å². The van der Waals surface area contributed by atoms with Crippen molar-refractivity contribution in [1.29, 1.82) is 0 Å². The van der Waals surface area contributed by atoms with Gasteiger partial charge >= 0.3 is 0 Å². The first-order chi connectivity index (χ1) is 17.7. The first-order valence-corrected chi connectivity index (χ1v) is 14.9.